The summed E-state index contributed by atoms with van der Waals surface area (Å²) in [4.78, 5) is 15.2. The zero-order valence-electron chi connectivity index (χ0n) is 11.3. The number of hydrogen-bond acceptors (Lipinski definition) is 3. The Bertz CT molecular complexity index is 403. The molecule has 1 aromatic rings. The van der Waals surface area contributed by atoms with Crippen LogP contribution in [0.3, 0.4) is 0 Å². The average Bonchev–Trinajstić information content (AvgIpc) is 2.13. The molecule has 0 saturated heterocycles. The predicted molar refractivity (Wildman–Crippen MR) is 71.2 cm³/mol. The standard InChI is InChI=1S/C13H20ClN2O2/c1-11(17)18-13(14,10-16(2,3)4)8-12-6-5-7-15-9-12/h5-7,9H,8,10H2,1-4H3/q+1. The number of halogens is 1. The van der Waals surface area contributed by atoms with E-state index in [2.05, 4.69) is 4.98 Å². The van der Waals surface area contributed by atoms with E-state index >= 15 is 0 Å². The normalized spacial score (nSPS) is 14.9. The Morgan fingerprint density at radius 2 is 2.17 bits per heavy atom. The van der Waals surface area contributed by atoms with Gasteiger partial charge < -0.3 is 9.22 Å². The molecule has 0 N–H and O–H groups in total. The van der Waals surface area contributed by atoms with E-state index in [9.17, 15) is 4.79 Å². The van der Waals surface area contributed by atoms with Crippen LogP contribution in [-0.2, 0) is 16.0 Å². The van der Waals surface area contributed by atoms with Gasteiger partial charge in [-0.1, -0.05) is 17.7 Å². The maximum absolute atomic E-state index is 11.2. The number of rotatable bonds is 5. The second-order valence-corrected chi connectivity index (χ2v) is 6.15. The predicted octanol–water partition coefficient (Wildman–Crippen LogP) is 1.83. The number of likely N-dealkylation sites (N-methyl/N-ethyl adjacent to an activating group) is 1. The number of esters is 1. The van der Waals surface area contributed by atoms with Crippen molar-refractivity contribution in [1.82, 2.24) is 4.98 Å². The van der Waals surface area contributed by atoms with Crippen molar-refractivity contribution in [3.05, 3.63) is 30.1 Å². The fraction of sp³-hybridized carbons (Fsp3) is 0.538. The van der Waals surface area contributed by atoms with E-state index in [-0.39, 0.29) is 5.97 Å². The molecule has 1 aromatic heterocycles. The van der Waals surface area contributed by atoms with E-state index in [1.165, 1.54) is 6.92 Å². The topological polar surface area (TPSA) is 39.2 Å². The molecule has 0 amide bonds. The van der Waals surface area contributed by atoms with Gasteiger partial charge in [0.05, 0.1) is 21.1 Å². The number of carbonyl (C=O) groups excluding carboxylic acids is 1. The fourth-order valence-electron chi connectivity index (χ4n) is 1.90. The van der Waals surface area contributed by atoms with Crippen molar-refractivity contribution in [1.29, 1.82) is 0 Å². The van der Waals surface area contributed by atoms with Gasteiger partial charge >= 0.3 is 5.97 Å². The molecule has 0 aliphatic carbocycles. The summed E-state index contributed by atoms with van der Waals surface area (Å²) in [6.07, 6.45) is 3.87. The third-order valence-corrected chi connectivity index (χ3v) is 2.56. The minimum absolute atomic E-state index is 0.373. The van der Waals surface area contributed by atoms with Gasteiger partial charge in [-0.3, -0.25) is 9.78 Å². The second-order valence-electron chi connectivity index (χ2n) is 5.46. The third kappa shape index (κ3) is 5.47. The second kappa shape index (κ2) is 5.67. The van der Waals surface area contributed by atoms with E-state index in [0.29, 0.717) is 17.4 Å². The molecule has 1 atom stereocenters. The quantitative estimate of drug-likeness (QED) is 0.466. The number of quaternary nitrogens is 1. The van der Waals surface area contributed by atoms with Gasteiger partial charge in [-0.15, -0.1) is 0 Å². The van der Waals surface area contributed by atoms with Gasteiger partial charge in [0.1, 0.15) is 6.54 Å². The van der Waals surface area contributed by atoms with Gasteiger partial charge in [0.15, 0.2) is 0 Å². The zero-order chi connectivity index (χ0) is 13.8. The van der Waals surface area contributed by atoms with E-state index in [1.54, 1.807) is 12.4 Å². The Balaban J connectivity index is 2.87. The van der Waals surface area contributed by atoms with Crippen LogP contribution >= 0.6 is 11.6 Å². The molecule has 0 saturated carbocycles. The van der Waals surface area contributed by atoms with Crippen molar-refractivity contribution < 1.29 is 14.0 Å². The smallest absolute Gasteiger partial charge is 0.304 e. The van der Waals surface area contributed by atoms with Crippen molar-refractivity contribution in [2.75, 3.05) is 27.7 Å². The van der Waals surface area contributed by atoms with E-state index in [1.807, 2.05) is 33.3 Å². The highest BCUT2D eigenvalue weighted by atomic mass is 35.5. The van der Waals surface area contributed by atoms with Gasteiger partial charge in [-0.05, 0) is 11.6 Å². The molecule has 0 aromatic carbocycles. The Morgan fingerprint density at radius 1 is 1.50 bits per heavy atom. The van der Waals surface area contributed by atoms with Crippen LogP contribution in [0.15, 0.2) is 24.5 Å². The number of pyridine rings is 1. The molecule has 100 valence electrons. The first-order chi connectivity index (χ1) is 8.20. The molecular formula is C13H20ClN2O2+. The summed E-state index contributed by atoms with van der Waals surface area (Å²) in [5.41, 5.74) is 0.946. The first-order valence-electron chi connectivity index (χ1n) is 5.78. The first-order valence-corrected chi connectivity index (χ1v) is 6.16. The molecule has 0 bridgehead atoms. The van der Waals surface area contributed by atoms with Gasteiger partial charge in [0.25, 0.3) is 0 Å². The molecule has 0 aliphatic heterocycles. The van der Waals surface area contributed by atoms with Crippen molar-refractivity contribution in [3.63, 3.8) is 0 Å². The minimum atomic E-state index is -1.03. The van der Waals surface area contributed by atoms with Gasteiger partial charge in [0, 0.05) is 25.7 Å². The monoisotopic (exact) mass is 271 g/mol. The van der Waals surface area contributed by atoms with Crippen LogP contribution < -0.4 is 0 Å². The van der Waals surface area contributed by atoms with Crippen LogP contribution in [0.1, 0.15) is 12.5 Å². The number of hydrogen-bond donors (Lipinski definition) is 0. The molecule has 1 unspecified atom stereocenters. The summed E-state index contributed by atoms with van der Waals surface area (Å²) in [5, 5.41) is -1.03. The number of aromatic nitrogens is 1. The molecule has 0 aliphatic rings. The number of nitrogens with zero attached hydrogens (tertiary/aromatic N) is 2. The lowest BCUT2D eigenvalue weighted by atomic mass is 10.1. The van der Waals surface area contributed by atoms with Gasteiger partial charge in [-0.2, -0.15) is 0 Å². The first kappa shape index (κ1) is 14.9. The molecule has 18 heavy (non-hydrogen) atoms. The van der Waals surface area contributed by atoms with Crippen LogP contribution in [0.25, 0.3) is 0 Å². The Labute approximate surface area is 113 Å². The Kier molecular flexibility index (Phi) is 4.71. The SMILES string of the molecule is CC(=O)OC(Cl)(Cc1cccnc1)C[N+](C)(C)C. The van der Waals surface area contributed by atoms with Crippen LogP contribution in [0, 0.1) is 0 Å². The van der Waals surface area contributed by atoms with Crippen molar-refractivity contribution >= 4 is 17.6 Å². The Hall–Kier alpha value is -1.13. The van der Waals surface area contributed by atoms with Crippen molar-refractivity contribution in [2.24, 2.45) is 0 Å². The lowest BCUT2D eigenvalue weighted by molar-refractivity contribution is -0.874. The fourth-order valence-corrected chi connectivity index (χ4v) is 2.52. The van der Waals surface area contributed by atoms with Gasteiger partial charge in [-0.25, -0.2) is 0 Å². The minimum Gasteiger partial charge on any atom is -0.437 e. The Morgan fingerprint density at radius 3 is 2.61 bits per heavy atom. The summed E-state index contributed by atoms with van der Waals surface area (Å²) < 4.78 is 5.91. The highest BCUT2D eigenvalue weighted by Gasteiger charge is 2.37. The van der Waals surface area contributed by atoms with Crippen molar-refractivity contribution in [3.8, 4) is 0 Å². The molecule has 1 rings (SSSR count). The molecule has 0 radical (unpaired) electrons. The molecule has 0 fully saturated rings. The maximum atomic E-state index is 11.2. The highest BCUT2D eigenvalue weighted by Crippen LogP contribution is 2.25. The summed E-state index contributed by atoms with van der Waals surface area (Å²) >= 11 is 6.47. The van der Waals surface area contributed by atoms with Gasteiger partial charge in [0.2, 0.25) is 5.06 Å². The number of ether oxygens (including phenoxy) is 1. The molecule has 0 spiro atoms. The molecular weight excluding hydrogens is 252 g/mol. The van der Waals surface area contributed by atoms with E-state index < -0.39 is 5.06 Å². The summed E-state index contributed by atoms with van der Waals surface area (Å²) in [7, 11) is 6.01. The lowest BCUT2D eigenvalue weighted by Gasteiger charge is -2.34. The van der Waals surface area contributed by atoms with E-state index in [0.717, 1.165) is 5.56 Å². The van der Waals surface area contributed by atoms with Crippen LogP contribution in [0.5, 0.6) is 0 Å². The average molecular weight is 272 g/mol. The van der Waals surface area contributed by atoms with Crippen LogP contribution in [-0.4, -0.2) is 48.2 Å². The highest BCUT2D eigenvalue weighted by molar-refractivity contribution is 6.23. The van der Waals surface area contributed by atoms with E-state index in [4.69, 9.17) is 16.3 Å². The summed E-state index contributed by atoms with van der Waals surface area (Å²) in [6.45, 7) is 1.89. The number of alkyl halides is 1. The maximum Gasteiger partial charge on any atom is 0.304 e. The molecule has 4 nitrogen and oxygen atoms in total. The molecule has 5 heteroatoms. The summed E-state index contributed by atoms with van der Waals surface area (Å²) in [5.74, 6) is -0.373. The van der Waals surface area contributed by atoms with Crippen LogP contribution in [0.2, 0.25) is 0 Å². The number of carbonyl (C=O) groups is 1. The summed E-state index contributed by atoms with van der Waals surface area (Å²) in [6, 6.07) is 3.76. The van der Waals surface area contributed by atoms with Crippen molar-refractivity contribution in [2.45, 2.75) is 18.4 Å². The third-order valence-electron chi connectivity index (χ3n) is 2.23. The van der Waals surface area contributed by atoms with Crippen LogP contribution in [0.4, 0.5) is 0 Å². The lowest BCUT2D eigenvalue weighted by Crippen LogP contribution is -2.49. The largest absolute Gasteiger partial charge is 0.437 e. The zero-order valence-corrected chi connectivity index (χ0v) is 12.1. The molecule has 1 heterocycles.